The Labute approximate surface area is 142 Å². The molecule has 6 heteroatoms. The predicted octanol–water partition coefficient (Wildman–Crippen LogP) is 3.33. The third-order valence-electron chi connectivity index (χ3n) is 4.17. The molecule has 6 nitrogen and oxygen atoms in total. The van der Waals surface area contributed by atoms with Crippen molar-refractivity contribution >= 4 is 22.8 Å². The highest BCUT2D eigenvalue weighted by Gasteiger charge is 2.29. The number of nitrogens with zero attached hydrogens (tertiary/aromatic N) is 3. The van der Waals surface area contributed by atoms with E-state index in [1.807, 2.05) is 39.0 Å². The number of piperidine rings is 1. The Morgan fingerprint density at radius 3 is 2.71 bits per heavy atom. The molecule has 128 valence electrons. The van der Waals surface area contributed by atoms with Gasteiger partial charge in [-0.25, -0.2) is 9.78 Å². The smallest absolute Gasteiger partial charge is 0.410 e. The number of anilines is 1. The summed E-state index contributed by atoms with van der Waals surface area (Å²) in [7, 11) is 0. The molecule has 3 heterocycles. The largest absolute Gasteiger partial charge is 0.444 e. The van der Waals surface area contributed by atoms with Crippen LogP contribution in [0.5, 0.6) is 0 Å². The minimum Gasteiger partial charge on any atom is -0.444 e. The van der Waals surface area contributed by atoms with Crippen LogP contribution in [0.3, 0.4) is 0 Å². The summed E-state index contributed by atoms with van der Waals surface area (Å²) in [6.07, 6.45) is 3.20. The Morgan fingerprint density at radius 2 is 2.04 bits per heavy atom. The van der Waals surface area contributed by atoms with Gasteiger partial charge in [0.2, 0.25) is 0 Å². The van der Waals surface area contributed by atoms with Crippen LogP contribution in [0.15, 0.2) is 24.4 Å². The van der Waals surface area contributed by atoms with Crippen molar-refractivity contribution in [2.24, 2.45) is 0 Å². The quantitative estimate of drug-likeness (QED) is 0.868. The summed E-state index contributed by atoms with van der Waals surface area (Å²) in [5.74, 6) is 0.768. The second-order valence-corrected chi connectivity index (χ2v) is 7.25. The van der Waals surface area contributed by atoms with Crippen LogP contribution in [-0.4, -0.2) is 39.7 Å². The first kappa shape index (κ1) is 16.5. The normalized spacial score (nSPS) is 16.4. The number of pyridine rings is 2. The molecule has 0 saturated carbocycles. The summed E-state index contributed by atoms with van der Waals surface area (Å²) in [5, 5.41) is 1.01. The maximum absolute atomic E-state index is 12.2. The van der Waals surface area contributed by atoms with Crippen molar-refractivity contribution in [1.82, 2.24) is 14.9 Å². The van der Waals surface area contributed by atoms with E-state index in [-0.39, 0.29) is 12.0 Å². The Kier molecular flexibility index (Phi) is 4.30. The van der Waals surface area contributed by atoms with Crippen molar-refractivity contribution in [1.29, 1.82) is 0 Å². The number of carbonyl (C=O) groups excluding carboxylic acids is 1. The summed E-state index contributed by atoms with van der Waals surface area (Å²) in [5.41, 5.74) is 7.33. The third kappa shape index (κ3) is 3.58. The van der Waals surface area contributed by atoms with E-state index in [0.29, 0.717) is 18.9 Å². The van der Waals surface area contributed by atoms with E-state index in [2.05, 4.69) is 9.97 Å². The molecular weight excluding hydrogens is 304 g/mol. The van der Waals surface area contributed by atoms with Gasteiger partial charge >= 0.3 is 6.09 Å². The molecule has 0 spiro atoms. The zero-order valence-electron chi connectivity index (χ0n) is 14.5. The average Bonchev–Trinajstić information content (AvgIpc) is 2.52. The fraction of sp³-hybridized carbons (Fsp3) is 0.500. The molecule has 2 aromatic heterocycles. The van der Waals surface area contributed by atoms with E-state index in [0.717, 1.165) is 29.4 Å². The molecule has 0 unspecified atom stereocenters. The van der Waals surface area contributed by atoms with Gasteiger partial charge in [-0.2, -0.15) is 0 Å². The summed E-state index contributed by atoms with van der Waals surface area (Å²) >= 11 is 0. The molecule has 1 fully saturated rings. The van der Waals surface area contributed by atoms with Crippen LogP contribution in [0.25, 0.3) is 10.9 Å². The molecule has 0 aromatic carbocycles. The van der Waals surface area contributed by atoms with Gasteiger partial charge in [0.15, 0.2) is 0 Å². The third-order valence-corrected chi connectivity index (χ3v) is 4.17. The topological polar surface area (TPSA) is 81.3 Å². The first-order chi connectivity index (χ1) is 11.3. The van der Waals surface area contributed by atoms with Crippen LogP contribution in [0.2, 0.25) is 0 Å². The van der Waals surface area contributed by atoms with Crippen molar-refractivity contribution in [3.63, 3.8) is 0 Å². The molecule has 0 radical (unpaired) electrons. The lowest BCUT2D eigenvalue weighted by atomic mass is 9.92. The van der Waals surface area contributed by atoms with E-state index in [1.54, 1.807) is 11.1 Å². The van der Waals surface area contributed by atoms with Gasteiger partial charge in [0, 0.05) is 30.6 Å². The molecule has 0 aliphatic carbocycles. The summed E-state index contributed by atoms with van der Waals surface area (Å²) in [6.45, 7) is 6.96. The zero-order chi connectivity index (χ0) is 17.3. The molecule has 3 rings (SSSR count). The number of nitrogens with two attached hydrogens (primary N) is 1. The molecule has 1 saturated heterocycles. The number of fused-ring (bicyclic) bond motifs is 1. The van der Waals surface area contributed by atoms with Gasteiger partial charge in [0.05, 0.1) is 11.2 Å². The van der Waals surface area contributed by atoms with Crippen LogP contribution in [0, 0.1) is 0 Å². The second kappa shape index (κ2) is 6.26. The number of aromatic nitrogens is 2. The van der Waals surface area contributed by atoms with E-state index < -0.39 is 5.60 Å². The molecule has 24 heavy (non-hydrogen) atoms. The van der Waals surface area contributed by atoms with Crippen LogP contribution in [0.1, 0.15) is 45.2 Å². The summed E-state index contributed by atoms with van der Waals surface area (Å²) < 4.78 is 5.45. The highest BCUT2D eigenvalue weighted by molar-refractivity contribution is 5.83. The molecule has 1 aliphatic heterocycles. The minimum absolute atomic E-state index is 0.246. The lowest BCUT2D eigenvalue weighted by Crippen LogP contribution is -2.41. The van der Waals surface area contributed by atoms with Gasteiger partial charge in [-0.3, -0.25) is 4.98 Å². The summed E-state index contributed by atoms with van der Waals surface area (Å²) in [4.78, 5) is 23.0. The number of hydrogen-bond acceptors (Lipinski definition) is 5. The Bertz CT molecular complexity index is 746. The van der Waals surface area contributed by atoms with Crippen LogP contribution >= 0.6 is 0 Å². The fourth-order valence-corrected chi connectivity index (χ4v) is 3.08. The highest BCUT2D eigenvalue weighted by Crippen LogP contribution is 2.32. The number of rotatable bonds is 1. The Hall–Kier alpha value is -2.37. The van der Waals surface area contributed by atoms with Gasteiger partial charge in [0.1, 0.15) is 11.4 Å². The maximum atomic E-state index is 12.2. The van der Waals surface area contributed by atoms with E-state index in [1.165, 1.54) is 0 Å². The molecule has 0 bridgehead atoms. The van der Waals surface area contributed by atoms with Gasteiger partial charge in [0.25, 0.3) is 0 Å². The molecule has 1 amide bonds. The first-order valence-corrected chi connectivity index (χ1v) is 8.32. The van der Waals surface area contributed by atoms with Crippen molar-refractivity contribution in [2.45, 2.75) is 45.1 Å². The maximum Gasteiger partial charge on any atom is 0.410 e. The molecule has 0 atom stereocenters. The first-order valence-electron chi connectivity index (χ1n) is 8.32. The van der Waals surface area contributed by atoms with E-state index in [4.69, 9.17) is 10.5 Å². The number of amides is 1. The molecule has 2 aromatic rings. The Morgan fingerprint density at radius 1 is 1.33 bits per heavy atom. The van der Waals surface area contributed by atoms with Crippen LogP contribution < -0.4 is 5.73 Å². The van der Waals surface area contributed by atoms with Gasteiger partial charge < -0.3 is 15.4 Å². The average molecular weight is 328 g/mol. The van der Waals surface area contributed by atoms with Crippen molar-refractivity contribution in [2.75, 3.05) is 18.8 Å². The molecule has 2 N–H and O–H groups in total. The van der Waals surface area contributed by atoms with E-state index >= 15 is 0 Å². The Balaban J connectivity index is 1.75. The number of hydrogen-bond donors (Lipinski definition) is 1. The predicted molar refractivity (Wildman–Crippen MR) is 93.7 cm³/mol. The highest BCUT2D eigenvalue weighted by atomic mass is 16.6. The standard InChI is InChI=1S/C18H24N4O2/c1-18(2,3)24-17(23)22-9-6-12(7-10-22)16-15-13(5-4-8-20-15)11-14(19)21-16/h4-5,8,11-12H,6-7,9-10H2,1-3H3,(H2,19,21). The number of nitrogen functional groups attached to an aromatic ring is 1. The van der Waals surface area contributed by atoms with Gasteiger partial charge in [-0.15, -0.1) is 0 Å². The SMILES string of the molecule is CC(C)(C)OC(=O)N1CCC(c2nc(N)cc3cccnc23)CC1. The number of likely N-dealkylation sites (tertiary alicyclic amines) is 1. The molecule has 1 aliphatic rings. The minimum atomic E-state index is -0.469. The van der Waals surface area contributed by atoms with Crippen molar-refractivity contribution in [3.8, 4) is 0 Å². The monoisotopic (exact) mass is 328 g/mol. The zero-order valence-corrected chi connectivity index (χ0v) is 14.5. The number of carbonyl (C=O) groups is 1. The van der Waals surface area contributed by atoms with Gasteiger partial charge in [-0.1, -0.05) is 6.07 Å². The van der Waals surface area contributed by atoms with E-state index in [9.17, 15) is 4.79 Å². The summed E-state index contributed by atoms with van der Waals surface area (Å²) in [6, 6.07) is 5.75. The van der Waals surface area contributed by atoms with Crippen LogP contribution in [0.4, 0.5) is 10.6 Å². The second-order valence-electron chi connectivity index (χ2n) is 7.25. The van der Waals surface area contributed by atoms with Crippen molar-refractivity contribution in [3.05, 3.63) is 30.1 Å². The lowest BCUT2D eigenvalue weighted by Gasteiger charge is -2.33. The molecular formula is C18H24N4O2. The lowest BCUT2D eigenvalue weighted by molar-refractivity contribution is 0.0204. The number of ether oxygens (including phenoxy) is 1. The van der Waals surface area contributed by atoms with Gasteiger partial charge in [-0.05, 0) is 45.7 Å². The fourth-order valence-electron chi connectivity index (χ4n) is 3.08. The van der Waals surface area contributed by atoms with Crippen molar-refractivity contribution < 1.29 is 9.53 Å². The van der Waals surface area contributed by atoms with Crippen LogP contribution in [-0.2, 0) is 4.74 Å².